The fourth-order valence-corrected chi connectivity index (χ4v) is 5.00. The van der Waals surface area contributed by atoms with E-state index in [2.05, 4.69) is 45.9 Å². The van der Waals surface area contributed by atoms with Gasteiger partial charge in [-0.15, -0.1) is 11.3 Å². The number of amides is 1. The third-order valence-corrected chi connectivity index (χ3v) is 6.45. The van der Waals surface area contributed by atoms with Gasteiger partial charge in [-0.05, 0) is 73.3 Å². The molecule has 1 aromatic heterocycles. The Morgan fingerprint density at radius 2 is 1.96 bits per heavy atom. The van der Waals surface area contributed by atoms with Crippen molar-refractivity contribution in [3.8, 4) is 0 Å². The van der Waals surface area contributed by atoms with Gasteiger partial charge in [0.25, 0.3) is 0 Å². The van der Waals surface area contributed by atoms with Crippen molar-refractivity contribution in [1.82, 2.24) is 10.2 Å². The summed E-state index contributed by atoms with van der Waals surface area (Å²) in [6.07, 6.45) is 6.64. The van der Waals surface area contributed by atoms with Gasteiger partial charge in [0.05, 0.1) is 12.5 Å². The number of rotatable bonds is 6. The summed E-state index contributed by atoms with van der Waals surface area (Å²) in [5, 5.41) is 5.32. The van der Waals surface area contributed by atoms with Crippen molar-refractivity contribution in [3.63, 3.8) is 0 Å². The van der Waals surface area contributed by atoms with E-state index in [1.807, 2.05) is 0 Å². The van der Waals surface area contributed by atoms with Crippen LogP contribution in [0, 0.1) is 0 Å². The highest BCUT2D eigenvalue weighted by molar-refractivity contribution is 7.10. The summed E-state index contributed by atoms with van der Waals surface area (Å²) in [4.78, 5) is 16.4. The molecule has 1 amide bonds. The molecular weight excluding hydrogens is 328 g/mol. The van der Waals surface area contributed by atoms with Crippen LogP contribution >= 0.6 is 11.3 Å². The van der Waals surface area contributed by atoms with Gasteiger partial charge in [-0.25, -0.2) is 0 Å². The molecule has 1 saturated heterocycles. The number of likely N-dealkylation sites (tertiary alicyclic amines) is 1. The molecule has 1 aliphatic carbocycles. The second-order valence-electron chi connectivity index (χ2n) is 7.21. The zero-order chi connectivity index (χ0) is 17.1. The summed E-state index contributed by atoms with van der Waals surface area (Å²) in [6, 6.07) is 11.2. The molecule has 0 spiro atoms. The molecule has 132 valence electrons. The van der Waals surface area contributed by atoms with Gasteiger partial charge in [-0.3, -0.25) is 9.69 Å². The SMILES string of the molecule is O=C(Cc1ccc2c(c1)CCC2)NCC(c1cccs1)N1CCCC1. The van der Waals surface area contributed by atoms with Gasteiger partial charge < -0.3 is 5.32 Å². The van der Waals surface area contributed by atoms with E-state index in [4.69, 9.17) is 0 Å². The van der Waals surface area contributed by atoms with Gasteiger partial charge in [-0.2, -0.15) is 0 Å². The topological polar surface area (TPSA) is 32.3 Å². The van der Waals surface area contributed by atoms with Crippen LogP contribution in [-0.2, 0) is 24.1 Å². The van der Waals surface area contributed by atoms with Gasteiger partial charge in [0.15, 0.2) is 0 Å². The molecule has 2 heterocycles. The molecule has 1 unspecified atom stereocenters. The van der Waals surface area contributed by atoms with E-state index in [9.17, 15) is 4.79 Å². The number of hydrogen-bond donors (Lipinski definition) is 1. The van der Waals surface area contributed by atoms with Gasteiger partial charge in [0.2, 0.25) is 5.91 Å². The molecule has 0 bridgehead atoms. The van der Waals surface area contributed by atoms with Crippen molar-refractivity contribution in [1.29, 1.82) is 0 Å². The van der Waals surface area contributed by atoms with Crippen molar-refractivity contribution < 1.29 is 4.79 Å². The lowest BCUT2D eigenvalue weighted by atomic mass is 10.0. The van der Waals surface area contributed by atoms with E-state index in [1.165, 1.54) is 48.1 Å². The number of hydrogen-bond acceptors (Lipinski definition) is 3. The fraction of sp³-hybridized carbons (Fsp3) is 0.476. The van der Waals surface area contributed by atoms with Crippen LogP contribution in [0.2, 0.25) is 0 Å². The molecule has 1 N–H and O–H groups in total. The highest BCUT2D eigenvalue weighted by Gasteiger charge is 2.24. The number of carbonyl (C=O) groups is 1. The molecule has 4 rings (SSSR count). The third-order valence-electron chi connectivity index (χ3n) is 5.47. The molecule has 2 aromatic rings. The molecule has 1 atom stereocenters. The Kier molecular flexibility index (Phi) is 5.18. The Morgan fingerprint density at radius 3 is 2.76 bits per heavy atom. The molecule has 1 aromatic carbocycles. The molecule has 25 heavy (non-hydrogen) atoms. The van der Waals surface area contributed by atoms with Crippen LogP contribution in [0.4, 0.5) is 0 Å². The summed E-state index contributed by atoms with van der Waals surface area (Å²) < 4.78 is 0. The highest BCUT2D eigenvalue weighted by atomic mass is 32.1. The van der Waals surface area contributed by atoms with Crippen LogP contribution in [-0.4, -0.2) is 30.4 Å². The largest absolute Gasteiger partial charge is 0.354 e. The van der Waals surface area contributed by atoms with Crippen LogP contribution in [0.1, 0.15) is 46.9 Å². The lowest BCUT2D eigenvalue weighted by molar-refractivity contribution is -0.120. The molecule has 0 saturated carbocycles. The van der Waals surface area contributed by atoms with E-state index in [0.29, 0.717) is 19.0 Å². The maximum Gasteiger partial charge on any atom is 0.224 e. The zero-order valence-corrected chi connectivity index (χ0v) is 15.5. The Labute approximate surface area is 154 Å². The first kappa shape index (κ1) is 16.8. The second kappa shape index (κ2) is 7.71. The van der Waals surface area contributed by atoms with Crippen molar-refractivity contribution >= 4 is 17.2 Å². The van der Waals surface area contributed by atoms with Crippen LogP contribution in [0.3, 0.4) is 0 Å². The monoisotopic (exact) mass is 354 g/mol. The number of nitrogens with zero attached hydrogens (tertiary/aromatic N) is 1. The Bertz CT molecular complexity index is 720. The average molecular weight is 355 g/mol. The Hall–Kier alpha value is -1.65. The molecule has 3 nitrogen and oxygen atoms in total. The van der Waals surface area contributed by atoms with E-state index < -0.39 is 0 Å². The number of thiophene rings is 1. The normalized spacial score (nSPS) is 18.2. The first-order valence-electron chi connectivity index (χ1n) is 9.44. The summed E-state index contributed by atoms with van der Waals surface area (Å²) in [5.74, 6) is 0.138. The third kappa shape index (κ3) is 3.96. The summed E-state index contributed by atoms with van der Waals surface area (Å²) >= 11 is 1.79. The molecule has 4 heteroatoms. The van der Waals surface area contributed by atoms with Crippen molar-refractivity contribution in [3.05, 3.63) is 57.3 Å². The summed E-state index contributed by atoms with van der Waals surface area (Å²) in [5.41, 5.74) is 4.06. The number of aryl methyl sites for hydroxylation is 2. The van der Waals surface area contributed by atoms with E-state index in [0.717, 1.165) is 18.7 Å². The predicted molar refractivity (Wildman–Crippen MR) is 103 cm³/mol. The minimum Gasteiger partial charge on any atom is -0.354 e. The Balaban J connectivity index is 1.36. The maximum atomic E-state index is 12.5. The predicted octanol–water partition coefficient (Wildman–Crippen LogP) is 3.73. The van der Waals surface area contributed by atoms with Crippen LogP contribution in [0.15, 0.2) is 35.7 Å². The lowest BCUT2D eigenvalue weighted by Crippen LogP contribution is -2.37. The molecule has 1 aliphatic heterocycles. The molecule has 2 aliphatic rings. The van der Waals surface area contributed by atoms with Crippen LogP contribution in [0.25, 0.3) is 0 Å². The van der Waals surface area contributed by atoms with Gasteiger partial charge in [0.1, 0.15) is 0 Å². The van der Waals surface area contributed by atoms with Crippen LogP contribution < -0.4 is 5.32 Å². The molecular formula is C21H26N2OS. The lowest BCUT2D eigenvalue weighted by Gasteiger charge is -2.27. The van der Waals surface area contributed by atoms with Gasteiger partial charge >= 0.3 is 0 Å². The number of fused-ring (bicyclic) bond motifs is 1. The minimum atomic E-state index is 0.138. The first-order valence-corrected chi connectivity index (χ1v) is 10.3. The average Bonchev–Trinajstić information content (AvgIpc) is 3.37. The van der Waals surface area contributed by atoms with Crippen LogP contribution in [0.5, 0.6) is 0 Å². The molecule has 1 fully saturated rings. The smallest absolute Gasteiger partial charge is 0.224 e. The standard InChI is InChI=1S/C21H26N2OS/c24-21(14-16-8-9-17-5-3-6-18(17)13-16)22-15-19(20-7-4-12-25-20)23-10-1-2-11-23/h4,7-9,12-13,19H,1-3,5-6,10-11,14-15H2,(H,22,24). The second-order valence-corrected chi connectivity index (χ2v) is 8.19. The minimum absolute atomic E-state index is 0.138. The number of nitrogens with one attached hydrogen (secondary N) is 1. The number of benzene rings is 1. The zero-order valence-electron chi connectivity index (χ0n) is 14.7. The fourth-order valence-electron chi connectivity index (χ4n) is 4.14. The highest BCUT2D eigenvalue weighted by Crippen LogP contribution is 2.28. The quantitative estimate of drug-likeness (QED) is 0.857. The Morgan fingerprint density at radius 1 is 1.12 bits per heavy atom. The van der Waals surface area contributed by atoms with Crippen molar-refractivity contribution in [2.24, 2.45) is 0 Å². The maximum absolute atomic E-state index is 12.5. The summed E-state index contributed by atoms with van der Waals surface area (Å²) in [6.45, 7) is 3.00. The van der Waals surface area contributed by atoms with Crippen molar-refractivity contribution in [2.45, 2.75) is 44.6 Å². The summed E-state index contributed by atoms with van der Waals surface area (Å²) in [7, 11) is 0. The first-order chi connectivity index (χ1) is 12.3. The van der Waals surface area contributed by atoms with Crippen molar-refractivity contribution in [2.75, 3.05) is 19.6 Å². The van der Waals surface area contributed by atoms with E-state index >= 15 is 0 Å². The van der Waals surface area contributed by atoms with E-state index in [-0.39, 0.29) is 5.91 Å². The van der Waals surface area contributed by atoms with E-state index in [1.54, 1.807) is 11.3 Å². The molecule has 0 radical (unpaired) electrons. The number of carbonyl (C=O) groups excluding carboxylic acids is 1. The van der Waals surface area contributed by atoms with Gasteiger partial charge in [-0.1, -0.05) is 24.3 Å². The van der Waals surface area contributed by atoms with Gasteiger partial charge in [0, 0.05) is 11.4 Å².